The molecule has 0 amide bonds. The number of aliphatic imine (C=N–C) groups is 1. The van der Waals surface area contributed by atoms with Crippen LogP contribution in [0.25, 0.3) is 0 Å². The Hall–Kier alpha value is -1.89. The van der Waals surface area contributed by atoms with Crippen molar-refractivity contribution in [1.82, 2.24) is 25.5 Å². The molecule has 2 N–H and O–H groups in total. The molecular weight excluding hydrogens is 350 g/mol. The number of anilines is 1. The van der Waals surface area contributed by atoms with E-state index in [0.717, 1.165) is 63.6 Å². The van der Waals surface area contributed by atoms with E-state index in [1.807, 2.05) is 25.5 Å². The maximum absolute atomic E-state index is 4.36. The van der Waals surface area contributed by atoms with Gasteiger partial charge in [-0.15, -0.1) is 0 Å². The van der Waals surface area contributed by atoms with Crippen LogP contribution in [-0.4, -0.2) is 73.7 Å². The van der Waals surface area contributed by atoms with Gasteiger partial charge in [-0.25, -0.2) is 9.97 Å². The van der Waals surface area contributed by atoms with Crippen LogP contribution in [0.4, 0.5) is 5.95 Å². The zero-order chi connectivity index (χ0) is 19.4. The van der Waals surface area contributed by atoms with E-state index >= 15 is 0 Å². The fourth-order valence-corrected chi connectivity index (χ4v) is 4.25. The molecular formula is C21H37N7. The van der Waals surface area contributed by atoms with Gasteiger partial charge in [0.1, 0.15) is 0 Å². The molecule has 0 atom stereocenters. The van der Waals surface area contributed by atoms with E-state index in [9.17, 15) is 0 Å². The van der Waals surface area contributed by atoms with Crippen molar-refractivity contribution in [2.75, 3.05) is 57.8 Å². The van der Waals surface area contributed by atoms with Crippen LogP contribution in [0.2, 0.25) is 0 Å². The van der Waals surface area contributed by atoms with E-state index in [1.165, 1.54) is 44.9 Å². The SMILES string of the molecule is CN=C(NCCCC1CCCCC1)NCCN1CCN(c2ncccn2)CC1. The van der Waals surface area contributed by atoms with Crippen molar-refractivity contribution in [2.45, 2.75) is 44.9 Å². The molecule has 2 aliphatic rings. The lowest BCUT2D eigenvalue weighted by Gasteiger charge is -2.34. The Morgan fingerprint density at radius 3 is 2.46 bits per heavy atom. The lowest BCUT2D eigenvalue weighted by Crippen LogP contribution is -2.49. The minimum absolute atomic E-state index is 0.845. The molecule has 1 aliphatic heterocycles. The summed E-state index contributed by atoms with van der Waals surface area (Å²) in [6.45, 7) is 7.04. The standard InChI is InChI=1S/C21H37N7/c1-22-20(23-10-5-9-19-7-3-2-4-8-19)24-13-14-27-15-17-28(18-16-27)21-25-11-6-12-26-21/h6,11-12,19H,2-5,7-10,13-18H2,1H3,(H2,22,23,24). The predicted octanol–water partition coefficient (Wildman–Crippen LogP) is 2.12. The molecule has 156 valence electrons. The van der Waals surface area contributed by atoms with Crippen LogP contribution in [0.1, 0.15) is 44.9 Å². The van der Waals surface area contributed by atoms with Crippen molar-refractivity contribution in [3.63, 3.8) is 0 Å². The first kappa shape index (κ1) is 20.8. The third kappa shape index (κ3) is 6.93. The van der Waals surface area contributed by atoms with Crippen molar-refractivity contribution in [2.24, 2.45) is 10.9 Å². The summed E-state index contributed by atoms with van der Waals surface area (Å²) in [7, 11) is 1.86. The van der Waals surface area contributed by atoms with Gasteiger partial charge < -0.3 is 15.5 Å². The fourth-order valence-electron chi connectivity index (χ4n) is 4.25. The zero-order valence-corrected chi connectivity index (χ0v) is 17.4. The van der Waals surface area contributed by atoms with Crippen LogP contribution in [0, 0.1) is 5.92 Å². The Morgan fingerprint density at radius 2 is 1.75 bits per heavy atom. The van der Waals surface area contributed by atoms with E-state index < -0.39 is 0 Å². The lowest BCUT2D eigenvalue weighted by atomic mass is 9.86. The third-order valence-corrected chi connectivity index (χ3v) is 5.96. The molecule has 7 heteroatoms. The van der Waals surface area contributed by atoms with E-state index in [2.05, 4.69) is 35.4 Å². The van der Waals surface area contributed by atoms with E-state index in [-0.39, 0.29) is 0 Å². The van der Waals surface area contributed by atoms with Crippen LogP contribution in [0.15, 0.2) is 23.5 Å². The molecule has 0 radical (unpaired) electrons. The summed E-state index contributed by atoms with van der Waals surface area (Å²) in [5.74, 6) is 2.74. The lowest BCUT2D eigenvalue weighted by molar-refractivity contribution is 0.260. The third-order valence-electron chi connectivity index (χ3n) is 5.96. The van der Waals surface area contributed by atoms with E-state index in [0.29, 0.717) is 0 Å². The summed E-state index contributed by atoms with van der Waals surface area (Å²) < 4.78 is 0. The fraction of sp³-hybridized carbons (Fsp3) is 0.762. The quantitative estimate of drug-likeness (QED) is 0.405. The number of nitrogens with zero attached hydrogens (tertiary/aromatic N) is 5. The number of hydrogen-bond acceptors (Lipinski definition) is 5. The monoisotopic (exact) mass is 387 g/mol. The molecule has 0 aromatic carbocycles. The molecule has 1 aromatic heterocycles. The Bertz CT molecular complexity index is 563. The molecule has 3 rings (SSSR count). The smallest absolute Gasteiger partial charge is 0.225 e. The highest BCUT2D eigenvalue weighted by molar-refractivity contribution is 5.79. The maximum Gasteiger partial charge on any atom is 0.225 e. The number of nitrogens with one attached hydrogen (secondary N) is 2. The highest BCUT2D eigenvalue weighted by Gasteiger charge is 2.18. The highest BCUT2D eigenvalue weighted by Crippen LogP contribution is 2.26. The number of rotatable bonds is 8. The molecule has 0 unspecified atom stereocenters. The normalized spacial score (nSPS) is 19.6. The van der Waals surface area contributed by atoms with E-state index in [1.54, 1.807) is 0 Å². The van der Waals surface area contributed by atoms with Crippen molar-refractivity contribution in [3.8, 4) is 0 Å². The average molecular weight is 388 g/mol. The first-order valence-corrected chi connectivity index (χ1v) is 11.0. The number of piperazine rings is 1. The Labute approximate surface area is 170 Å². The van der Waals surface area contributed by atoms with Gasteiger partial charge in [-0.05, 0) is 24.8 Å². The maximum atomic E-state index is 4.36. The molecule has 0 spiro atoms. The molecule has 1 saturated heterocycles. The minimum atomic E-state index is 0.845. The van der Waals surface area contributed by atoms with Crippen LogP contribution < -0.4 is 15.5 Å². The summed E-state index contributed by atoms with van der Waals surface area (Å²) >= 11 is 0. The molecule has 7 nitrogen and oxygen atoms in total. The highest BCUT2D eigenvalue weighted by atomic mass is 15.3. The number of guanidine groups is 1. The van der Waals surface area contributed by atoms with Crippen LogP contribution in [0.5, 0.6) is 0 Å². The van der Waals surface area contributed by atoms with Crippen molar-refractivity contribution in [3.05, 3.63) is 18.5 Å². The van der Waals surface area contributed by atoms with Crippen molar-refractivity contribution in [1.29, 1.82) is 0 Å². The Kier molecular flexibility index (Phi) is 8.81. The van der Waals surface area contributed by atoms with Crippen LogP contribution in [0.3, 0.4) is 0 Å². The molecule has 2 heterocycles. The van der Waals surface area contributed by atoms with Crippen molar-refractivity contribution >= 4 is 11.9 Å². The van der Waals surface area contributed by atoms with Gasteiger partial charge in [-0.1, -0.05) is 32.1 Å². The van der Waals surface area contributed by atoms with Gasteiger partial charge in [0.25, 0.3) is 0 Å². The van der Waals surface area contributed by atoms with Gasteiger partial charge in [0.2, 0.25) is 5.95 Å². The Balaban J connectivity index is 1.24. The van der Waals surface area contributed by atoms with Crippen LogP contribution in [-0.2, 0) is 0 Å². The first-order chi connectivity index (χ1) is 13.8. The summed E-state index contributed by atoms with van der Waals surface area (Å²) in [6.07, 6.45) is 13.4. The summed E-state index contributed by atoms with van der Waals surface area (Å²) in [5, 5.41) is 6.93. The molecule has 28 heavy (non-hydrogen) atoms. The van der Waals surface area contributed by atoms with Gasteiger partial charge in [0.15, 0.2) is 5.96 Å². The van der Waals surface area contributed by atoms with Gasteiger partial charge in [0.05, 0.1) is 0 Å². The Morgan fingerprint density at radius 1 is 1.04 bits per heavy atom. The van der Waals surface area contributed by atoms with Crippen LogP contribution >= 0.6 is 0 Å². The first-order valence-electron chi connectivity index (χ1n) is 11.0. The molecule has 2 fully saturated rings. The number of aromatic nitrogens is 2. The average Bonchev–Trinajstić information content (AvgIpc) is 2.77. The molecule has 0 bridgehead atoms. The van der Waals surface area contributed by atoms with Gasteiger partial charge in [0, 0.05) is 65.3 Å². The predicted molar refractivity (Wildman–Crippen MR) is 116 cm³/mol. The van der Waals surface area contributed by atoms with Gasteiger partial charge in [-0.2, -0.15) is 0 Å². The second-order valence-electron chi connectivity index (χ2n) is 7.95. The minimum Gasteiger partial charge on any atom is -0.356 e. The largest absolute Gasteiger partial charge is 0.356 e. The summed E-state index contributed by atoms with van der Waals surface area (Å²) in [5.41, 5.74) is 0. The van der Waals surface area contributed by atoms with Gasteiger partial charge in [-0.3, -0.25) is 9.89 Å². The number of hydrogen-bond donors (Lipinski definition) is 2. The molecule has 1 saturated carbocycles. The van der Waals surface area contributed by atoms with E-state index in [4.69, 9.17) is 0 Å². The molecule has 1 aliphatic carbocycles. The summed E-state index contributed by atoms with van der Waals surface area (Å²) in [4.78, 5) is 17.8. The zero-order valence-electron chi connectivity index (χ0n) is 17.4. The second kappa shape index (κ2) is 11.8. The summed E-state index contributed by atoms with van der Waals surface area (Å²) in [6, 6.07) is 1.86. The van der Waals surface area contributed by atoms with Gasteiger partial charge >= 0.3 is 0 Å². The molecule has 1 aromatic rings. The topological polar surface area (TPSA) is 68.7 Å². The second-order valence-corrected chi connectivity index (χ2v) is 7.95. The van der Waals surface area contributed by atoms with Crippen molar-refractivity contribution < 1.29 is 0 Å².